The summed E-state index contributed by atoms with van der Waals surface area (Å²) in [5.41, 5.74) is 0.979. The molecule has 3 fully saturated rings. The standard InChI is InChI=1S/C20H29BrN2O3S/c1-4-5-6-15-13-23(20-8-7-14(11-20)12-20)17-9-16(21)18(26-3)10-19(17)27(24,25)22(15)2/h9-10,14-15H,4-8,11-13H2,1-3H3. The van der Waals surface area contributed by atoms with Gasteiger partial charge in [0.1, 0.15) is 10.6 Å². The average molecular weight is 457 g/mol. The first kappa shape index (κ1) is 19.5. The van der Waals surface area contributed by atoms with Crippen LogP contribution in [0.5, 0.6) is 5.75 Å². The van der Waals surface area contributed by atoms with E-state index in [2.05, 4.69) is 27.8 Å². The van der Waals surface area contributed by atoms with Crippen molar-refractivity contribution < 1.29 is 13.2 Å². The molecule has 0 amide bonds. The number of likely N-dealkylation sites (N-methyl/N-ethyl adjacent to an activating group) is 1. The van der Waals surface area contributed by atoms with Crippen molar-refractivity contribution in [3.8, 4) is 5.75 Å². The molecule has 27 heavy (non-hydrogen) atoms. The molecule has 0 N–H and O–H groups in total. The van der Waals surface area contributed by atoms with Crippen molar-refractivity contribution >= 4 is 31.6 Å². The summed E-state index contributed by atoms with van der Waals surface area (Å²) in [5, 5.41) is 0. The van der Waals surface area contributed by atoms with Crippen LogP contribution in [0.4, 0.5) is 5.69 Å². The number of anilines is 1. The first-order valence-electron chi connectivity index (χ1n) is 9.95. The third kappa shape index (κ3) is 3.01. The Kier molecular flexibility index (Phi) is 5.00. The van der Waals surface area contributed by atoms with Crippen LogP contribution in [0, 0.1) is 5.92 Å². The van der Waals surface area contributed by atoms with E-state index in [1.54, 1.807) is 24.5 Å². The number of nitrogens with zero attached hydrogens (tertiary/aromatic N) is 2. The van der Waals surface area contributed by atoms with Crippen molar-refractivity contribution in [1.82, 2.24) is 4.31 Å². The zero-order chi connectivity index (χ0) is 19.4. The van der Waals surface area contributed by atoms with Gasteiger partial charge in [-0.25, -0.2) is 8.42 Å². The Balaban J connectivity index is 1.86. The summed E-state index contributed by atoms with van der Waals surface area (Å²) < 4.78 is 34.8. The smallest absolute Gasteiger partial charge is 0.245 e. The predicted molar refractivity (Wildman–Crippen MR) is 111 cm³/mol. The highest BCUT2D eigenvalue weighted by molar-refractivity contribution is 9.10. The van der Waals surface area contributed by atoms with Crippen molar-refractivity contribution in [2.24, 2.45) is 5.92 Å². The number of hydrogen-bond acceptors (Lipinski definition) is 4. The largest absolute Gasteiger partial charge is 0.496 e. The summed E-state index contributed by atoms with van der Waals surface area (Å²) in [7, 11) is -0.247. The predicted octanol–water partition coefficient (Wildman–Crippen LogP) is 4.40. The fourth-order valence-electron chi connectivity index (χ4n) is 5.29. The summed E-state index contributed by atoms with van der Waals surface area (Å²) in [6, 6.07) is 3.66. The Hall–Kier alpha value is -0.790. The number of unbranched alkanes of at least 4 members (excludes halogenated alkanes) is 1. The van der Waals surface area contributed by atoms with Gasteiger partial charge >= 0.3 is 0 Å². The molecule has 0 aromatic heterocycles. The maximum Gasteiger partial charge on any atom is 0.245 e. The molecule has 1 aliphatic heterocycles. The fraction of sp³-hybridized carbons (Fsp3) is 0.700. The lowest BCUT2D eigenvalue weighted by atomic mass is 9.75. The number of benzene rings is 1. The minimum atomic E-state index is -3.57. The Morgan fingerprint density at radius 3 is 2.67 bits per heavy atom. The van der Waals surface area contributed by atoms with E-state index in [-0.39, 0.29) is 11.6 Å². The monoisotopic (exact) mass is 456 g/mol. The maximum atomic E-state index is 13.5. The van der Waals surface area contributed by atoms with E-state index >= 15 is 0 Å². The third-order valence-corrected chi connectivity index (χ3v) is 9.47. The number of hydrogen-bond donors (Lipinski definition) is 0. The molecule has 0 radical (unpaired) electrons. The average Bonchev–Trinajstić information content (AvgIpc) is 3.20. The lowest BCUT2D eigenvalue weighted by Gasteiger charge is -2.50. The summed E-state index contributed by atoms with van der Waals surface area (Å²) in [5.74, 6) is 1.38. The van der Waals surface area contributed by atoms with Gasteiger partial charge < -0.3 is 9.64 Å². The zero-order valence-corrected chi connectivity index (χ0v) is 18.8. The van der Waals surface area contributed by atoms with Gasteiger partial charge in [-0.2, -0.15) is 4.31 Å². The highest BCUT2D eigenvalue weighted by atomic mass is 79.9. The van der Waals surface area contributed by atoms with Crippen LogP contribution < -0.4 is 9.64 Å². The number of halogens is 1. The lowest BCUT2D eigenvalue weighted by molar-refractivity contribution is 0.215. The topological polar surface area (TPSA) is 49.9 Å². The molecule has 3 aliphatic carbocycles. The second kappa shape index (κ2) is 6.92. The molecule has 3 saturated carbocycles. The highest BCUT2D eigenvalue weighted by Gasteiger charge is 2.56. The molecule has 7 heteroatoms. The molecule has 1 aromatic carbocycles. The molecular formula is C20H29BrN2O3S. The molecule has 150 valence electrons. The van der Waals surface area contributed by atoms with Crippen LogP contribution in [-0.4, -0.2) is 45.0 Å². The minimum Gasteiger partial charge on any atom is -0.496 e. The molecule has 4 aliphatic rings. The molecule has 2 bridgehead atoms. The number of sulfonamides is 1. The first-order valence-corrected chi connectivity index (χ1v) is 12.2. The molecule has 1 aromatic rings. The molecule has 5 nitrogen and oxygen atoms in total. The van der Waals surface area contributed by atoms with Crippen molar-refractivity contribution in [3.63, 3.8) is 0 Å². The van der Waals surface area contributed by atoms with E-state index in [0.29, 0.717) is 10.6 Å². The van der Waals surface area contributed by atoms with Crippen LogP contribution in [0.25, 0.3) is 0 Å². The fourth-order valence-corrected chi connectivity index (χ4v) is 7.34. The van der Waals surface area contributed by atoms with Gasteiger partial charge in [0.15, 0.2) is 0 Å². The SMILES string of the molecule is CCCCC1CN(C23CCC(C2)C3)c2cc(Br)c(OC)cc2S(=O)(=O)N1C. The van der Waals surface area contributed by atoms with Crippen molar-refractivity contribution in [2.75, 3.05) is 25.6 Å². The van der Waals surface area contributed by atoms with Gasteiger partial charge in [-0.05, 0) is 60.0 Å². The van der Waals surface area contributed by atoms with Crippen molar-refractivity contribution in [1.29, 1.82) is 0 Å². The van der Waals surface area contributed by atoms with Crippen LogP contribution in [0.2, 0.25) is 0 Å². The zero-order valence-electron chi connectivity index (χ0n) is 16.4. The van der Waals surface area contributed by atoms with Crippen LogP contribution >= 0.6 is 15.9 Å². The number of methoxy groups -OCH3 is 1. The summed E-state index contributed by atoms with van der Waals surface area (Å²) >= 11 is 3.58. The van der Waals surface area contributed by atoms with Crippen LogP contribution in [0.15, 0.2) is 21.5 Å². The first-order chi connectivity index (χ1) is 12.8. The second-order valence-corrected chi connectivity index (χ2v) is 11.2. The van der Waals surface area contributed by atoms with Crippen molar-refractivity contribution in [3.05, 3.63) is 16.6 Å². The minimum absolute atomic E-state index is 0.00106. The molecule has 1 unspecified atom stereocenters. The van der Waals surface area contributed by atoms with Gasteiger partial charge in [0.2, 0.25) is 10.0 Å². The number of rotatable bonds is 5. The van der Waals surface area contributed by atoms with Crippen LogP contribution in [-0.2, 0) is 10.0 Å². The third-order valence-electron chi connectivity index (χ3n) is 6.91. The van der Waals surface area contributed by atoms with Gasteiger partial charge in [-0.15, -0.1) is 0 Å². The Bertz CT molecular complexity index is 830. The summed E-state index contributed by atoms with van der Waals surface area (Å²) in [6.07, 6.45) is 7.84. The van der Waals surface area contributed by atoms with E-state index in [1.165, 1.54) is 25.7 Å². The van der Waals surface area contributed by atoms with E-state index in [4.69, 9.17) is 4.74 Å². The van der Waals surface area contributed by atoms with Gasteiger partial charge in [0.05, 0.1) is 17.3 Å². The van der Waals surface area contributed by atoms with E-state index in [1.807, 2.05) is 6.07 Å². The maximum absolute atomic E-state index is 13.5. The van der Waals surface area contributed by atoms with Gasteiger partial charge in [-0.3, -0.25) is 0 Å². The van der Waals surface area contributed by atoms with Gasteiger partial charge in [0, 0.05) is 31.2 Å². The van der Waals surface area contributed by atoms with E-state index in [0.717, 1.165) is 41.9 Å². The summed E-state index contributed by atoms with van der Waals surface area (Å²) in [4.78, 5) is 2.82. The van der Waals surface area contributed by atoms with E-state index < -0.39 is 10.0 Å². The highest BCUT2D eigenvalue weighted by Crippen LogP contribution is 2.58. The van der Waals surface area contributed by atoms with Gasteiger partial charge in [-0.1, -0.05) is 19.8 Å². The molecule has 0 spiro atoms. The van der Waals surface area contributed by atoms with Crippen LogP contribution in [0.1, 0.15) is 51.9 Å². The second-order valence-electron chi connectivity index (χ2n) is 8.42. The number of ether oxygens (including phenoxy) is 1. The van der Waals surface area contributed by atoms with Crippen molar-refractivity contribution in [2.45, 2.75) is 68.3 Å². The molecule has 1 heterocycles. The molecule has 1 atom stereocenters. The van der Waals surface area contributed by atoms with Crippen LogP contribution in [0.3, 0.4) is 0 Å². The normalized spacial score (nSPS) is 31.9. The number of fused-ring (bicyclic) bond motifs is 2. The quantitative estimate of drug-likeness (QED) is 0.658. The molecule has 5 rings (SSSR count). The Morgan fingerprint density at radius 1 is 1.33 bits per heavy atom. The summed E-state index contributed by atoms with van der Waals surface area (Å²) in [6.45, 7) is 2.93. The molecule has 0 saturated heterocycles. The van der Waals surface area contributed by atoms with Gasteiger partial charge in [0.25, 0.3) is 0 Å². The Morgan fingerprint density at radius 2 is 2.07 bits per heavy atom. The molecular weight excluding hydrogens is 428 g/mol. The Labute approximate surface area is 171 Å². The lowest BCUT2D eigenvalue weighted by Crippen LogP contribution is -2.55. The van der Waals surface area contributed by atoms with E-state index in [9.17, 15) is 8.42 Å².